The van der Waals surface area contributed by atoms with Gasteiger partial charge in [0.05, 0.1) is 25.3 Å². The van der Waals surface area contributed by atoms with Gasteiger partial charge in [-0.2, -0.15) is 0 Å². The van der Waals surface area contributed by atoms with Gasteiger partial charge in [0.15, 0.2) is 0 Å². The van der Waals surface area contributed by atoms with Crippen molar-refractivity contribution >= 4 is 17.2 Å². The van der Waals surface area contributed by atoms with E-state index in [0.717, 1.165) is 12.2 Å². The molecular formula is C26H34N2O4S. The Bertz CT molecular complexity index is 935. The van der Waals surface area contributed by atoms with Gasteiger partial charge in [-0.05, 0) is 56.3 Å². The van der Waals surface area contributed by atoms with E-state index in [0.29, 0.717) is 19.7 Å². The van der Waals surface area contributed by atoms with Gasteiger partial charge in [0, 0.05) is 24.0 Å². The number of carbonyl (C=O) groups is 1. The van der Waals surface area contributed by atoms with Gasteiger partial charge >= 0.3 is 0 Å². The van der Waals surface area contributed by atoms with E-state index in [1.807, 2.05) is 54.8 Å². The van der Waals surface area contributed by atoms with Crippen LogP contribution in [0.25, 0.3) is 0 Å². The van der Waals surface area contributed by atoms with E-state index < -0.39 is 6.10 Å². The second-order valence-corrected chi connectivity index (χ2v) is 9.67. The summed E-state index contributed by atoms with van der Waals surface area (Å²) in [5.74, 6) is 3.23. The largest absolute Gasteiger partial charge is 0.491 e. The summed E-state index contributed by atoms with van der Waals surface area (Å²) in [6.45, 7) is 8.04. The van der Waals surface area contributed by atoms with Crippen molar-refractivity contribution in [3.05, 3.63) is 51.7 Å². The van der Waals surface area contributed by atoms with Crippen LogP contribution >= 0.6 is 11.3 Å². The van der Waals surface area contributed by atoms with Crippen molar-refractivity contribution in [3.63, 3.8) is 0 Å². The molecule has 1 aliphatic rings. The average molecular weight is 471 g/mol. The van der Waals surface area contributed by atoms with Crippen LogP contribution in [0.1, 0.15) is 35.9 Å². The zero-order valence-corrected chi connectivity index (χ0v) is 20.5. The van der Waals surface area contributed by atoms with Crippen molar-refractivity contribution in [2.24, 2.45) is 0 Å². The molecule has 1 aromatic heterocycles. The molecule has 2 heterocycles. The Morgan fingerprint density at radius 2 is 2.09 bits per heavy atom. The molecule has 2 aromatic rings. The van der Waals surface area contributed by atoms with E-state index in [9.17, 15) is 9.90 Å². The lowest BCUT2D eigenvalue weighted by Gasteiger charge is -2.38. The standard InChI is InChI=1S/C26H34N2O4S/c1-5-13-31-17-21(29)15-27(19(2)3)16-26(30)28-12-10-25-23(11-14-33-25)24(28)18-32-22-8-6-20(4)7-9-22/h1,6-9,11,14,19,21,24,29H,10,12-13,15-18H2,2-4H3. The molecule has 1 amide bonds. The van der Waals surface area contributed by atoms with Gasteiger partial charge in [-0.25, -0.2) is 0 Å². The number of amides is 1. The average Bonchev–Trinajstić information content (AvgIpc) is 3.27. The fourth-order valence-corrected chi connectivity index (χ4v) is 4.91. The molecule has 0 saturated heterocycles. The van der Waals surface area contributed by atoms with E-state index in [1.54, 1.807) is 11.3 Å². The maximum Gasteiger partial charge on any atom is 0.237 e. The molecule has 1 aliphatic heterocycles. The Morgan fingerprint density at radius 3 is 2.79 bits per heavy atom. The minimum Gasteiger partial charge on any atom is -0.491 e. The summed E-state index contributed by atoms with van der Waals surface area (Å²) >= 11 is 1.74. The number of ether oxygens (including phenoxy) is 2. The van der Waals surface area contributed by atoms with Gasteiger partial charge in [0.1, 0.15) is 19.0 Å². The van der Waals surface area contributed by atoms with Gasteiger partial charge in [-0.3, -0.25) is 9.69 Å². The normalized spacial score (nSPS) is 16.5. The lowest BCUT2D eigenvalue weighted by Crippen LogP contribution is -2.49. The fraction of sp³-hybridized carbons (Fsp3) is 0.500. The molecule has 0 radical (unpaired) electrons. The maximum absolute atomic E-state index is 13.4. The summed E-state index contributed by atoms with van der Waals surface area (Å²) in [4.78, 5) is 18.7. The molecular weight excluding hydrogens is 436 g/mol. The number of hydrogen-bond acceptors (Lipinski definition) is 6. The van der Waals surface area contributed by atoms with Crippen molar-refractivity contribution in [3.8, 4) is 18.1 Å². The van der Waals surface area contributed by atoms with Gasteiger partial charge < -0.3 is 19.5 Å². The van der Waals surface area contributed by atoms with Crippen LogP contribution in [0.2, 0.25) is 0 Å². The second kappa shape index (κ2) is 12.2. The Kier molecular flexibility index (Phi) is 9.33. The third kappa shape index (κ3) is 7.05. The van der Waals surface area contributed by atoms with Crippen LogP contribution < -0.4 is 4.74 Å². The molecule has 0 spiro atoms. The van der Waals surface area contributed by atoms with E-state index in [1.165, 1.54) is 16.0 Å². The Hall–Kier alpha value is -2.37. The minimum atomic E-state index is -0.709. The van der Waals surface area contributed by atoms with Crippen molar-refractivity contribution in [1.29, 1.82) is 0 Å². The fourth-order valence-electron chi connectivity index (χ4n) is 3.98. The Morgan fingerprint density at radius 1 is 1.33 bits per heavy atom. The number of aliphatic hydroxyl groups is 1. The topological polar surface area (TPSA) is 62.2 Å². The van der Waals surface area contributed by atoms with Crippen LogP contribution in [0.3, 0.4) is 0 Å². The summed E-state index contributed by atoms with van der Waals surface area (Å²) < 4.78 is 11.4. The number of aryl methyl sites for hydroxylation is 1. The van der Waals surface area contributed by atoms with Crippen LogP contribution in [0.15, 0.2) is 35.7 Å². The van der Waals surface area contributed by atoms with Gasteiger partial charge in [0.2, 0.25) is 5.91 Å². The molecule has 2 atom stereocenters. The number of aliphatic hydroxyl groups excluding tert-OH is 1. The summed E-state index contributed by atoms with van der Waals surface area (Å²) in [7, 11) is 0. The smallest absolute Gasteiger partial charge is 0.237 e. The highest BCUT2D eigenvalue weighted by atomic mass is 32.1. The van der Waals surface area contributed by atoms with Crippen molar-refractivity contribution in [2.75, 3.05) is 39.5 Å². The van der Waals surface area contributed by atoms with Crippen molar-refractivity contribution < 1.29 is 19.4 Å². The third-order valence-electron chi connectivity index (χ3n) is 5.85. The Balaban J connectivity index is 1.68. The number of hydrogen-bond donors (Lipinski definition) is 1. The van der Waals surface area contributed by atoms with E-state index in [4.69, 9.17) is 15.9 Å². The number of benzene rings is 1. The highest BCUT2D eigenvalue weighted by molar-refractivity contribution is 7.10. The first kappa shape index (κ1) is 25.3. The number of thiophene rings is 1. The number of terminal acetylenes is 1. The van der Waals surface area contributed by atoms with Crippen LogP contribution in [-0.4, -0.2) is 72.4 Å². The third-order valence-corrected chi connectivity index (χ3v) is 6.85. The first-order valence-corrected chi connectivity index (χ1v) is 12.3. The van der Waals surface area contributed by atoms with Gasteiger partial charge in [-0.1, -0.05) is 23.6 Å². The molecule has 33 heavy (non-hydrogen) atoms. The molecule has 6 nitrogen and oxygen atoms in total. The van der Waals surface area contributed by atoms with Crippen LogP contribution in [0.4, 0.5) is 0 Å². The molecule has 7 heteroatoms. The van der Waals surface area contributed by atoms with Crippen molar-refractivity contribution in [1.82, 2.24) is 9.80 Å². The summed E-state index contributed by atoms with van der Waals surface area (Å²) in [6, 6.07) is 10.0. The van der Waals surface area contributed by atoms with E-state index >= 15 is 0 Å². The van der Waals surface area contributed by atoms with Gasteiger partial charge in [-0.15, -0.1) is 17.8 Å². The molecule has 0 saturated carbocycles. The lowest BCUT2D eigenvalue weighted by molar-refractivity contribution is -0.137. The zero-order chi connectivity index (χ0) is 23.8. The SMILES string of the molecule is C#CCOCC(O)CN(CC(=O)N1CCc2sccc2C1COc1ccc(C)cc1)C(C)C. The van der Waals surface area contributed by atoms with Crippen molar-refractivity contribution in [2.45, 2.75) is 45.4 Å². The number of carbonyl (C=O) groups excluding carboxylic acids is 1. The van der Waals surface area contributed by atoms with E-state index in [-0.39, 0.29) is 37.7 Å². The Labute approximate surface area is 201 Å². The molecule has 0 bridgehead atoms. The second-order valence-electron chi connectivity index (χ2n) is 8.67. The predicted octanol–water partition coefficient (Wildman–Crippen LogP) is 3.28. The lowest BCUT2D eigenvalue weighted by atomic mass is 10.00. The first-order chi connectivity index (χ1) is 15.9. The van der Waals surface area contributed by atoms with Crippen LogP contribution in [0, 0.1) is 19.3 Å². The van der Waals surface area contributed by atoms with Gasteiger partial charge in [0.25, 0.3) is 0 Å². The molecule has 3 rings (SSSR count). The van der Waals surface area contributed by atoms with Crippen LogP contribution in [-0.2, 0) is 16.0 Å². The van der Waals surface area contributed by atoms with Crippen LogP contribution in [0.5, 0.6) is 5.75 Å². The molecule has 0 aliphatic carbocycles. The minimum absolute atomic E-state index is 0.0369. The molecule has 2 unspecified atom stereocenters. The van der Waals surface area contributed by atoms with E-state index in [2.05, 4.69) is 17.4 Å². The highest BCUT2D eigenvalue weighted by Crippen LogP contribution is 2.34. The molecule has 1 N–H and O–H groups in total. The highest BCUT2D eigenvalue weighted by Gasteiger charge is 2.33. The molecule has 0 fully saturated rings. The molecule has 1 aromatic carbocycles. The summed E-state index contributed by atoms with van der Waals surface area (Å²) in [6.07, 6.45) is 5.34. The number of nitrogens with zero attached hydrogens (tertiary/aromatic N) is 2. The quantitative estimate of drug-likeness (QED) is 0.403. The molecule has 178 valence electrons. The monoisotopic (exact) mass is 470 g/mol. The predicted molar refractivity (Wildman–Crippen MR) is 132 cm³/mol. The maximum atomic E-state index is 13.4. The number of fused-ring (bicyclic) bond motifs is 1. The number of rotatable bonds is 11. The first-order valence-electron chi connectivity index (χ1n) is 11.4. The zero-order valence-electron chi connectivity index (χ0n) is 19.7. The summed E-state index contributed by atoms with van der Waals surface area (Å²) in [5, 5.41) is 12.4. The summed E-state index contributed by atoms with van der Waals surface area (Å²) in [5.41, 5.74) is 2.35.